The van der Waals surface area contributed by atoms with Gasteiger partial charge in [-0.05, 0) is 24.3 Å². The van der Waals surface area contributed by atoms with E-state index >= 15 is 0 Å². The van der Waals surface area contributed by atoms with Crippen molar-refractivity contribution in [1.82, 2.24) is 4.57 Å². The quantitative estimate of drug-likeness (QED) is 0.582. The summed E-state index contributed by atoms with van der Waals surface area (Å²) in [6.45, 7) is 5.21. The number of hydrogen-bond donors (Lipinski definition) is 0. The summed E-state index contributed by atoms with van der Waals surface area (Å²) in [5.41, 5.74) is 0.918. The summed E-state index contributed by atoms with van der Waals surface area (Å²) in [5, 5.41) is 0. The topological polar surface area (TPSA) is 71.3 Å². The van der Waals surface area contributed by atoms with Crippen molar-refractivity contribution in [2.24, 2.45) is 4.99 Å². The summed E-state index contributed by atoms with van der Waals surface area (Å²) in [7, 11) is 1.59. The first-order valence-corrected chi connectivity index (χ1v) is 9.88. The van der Waals surface area contributed by atoms with Gasteiger partial charge in [0.1, 0.15) is 24.7 Å². The summed E-state index contributed by atoms with van der Waals surface area (Å²) in [4.78, 5) is 17.2. The first-order valence-electron chi connectivity index (χ1n) is 9.06. The minimum absolute atomic E-state index is 0.155. The third-order valence-corrected chi connectivity index (χ3v) is 5.34. The Morgan fingerprint density at radius 1 is 1.21 bits per heavy atom. The molecular weight excluding hydrogens is 392 g/mol. The Morgan fingerprint density at radius 3 is 2.59 bits per heavy atom. The van der Waals surface area contributed by atoms with E-state index in [2.05, 4.69) is 11.6 Å². The third kappa shape index (κ3) is 4.12. The molecule has 1 aliphatic rings. The Morgan fingerprint density at radius 2 is 1.90 bits per heavy atom. The first-order chi connectivity index (χ1) is 14.2. The Kier molecular flexibility index (Phi) is 5.53. The van der Waals surface area contributed by atoms with Crippen molar-refractivity contribution in [1.29, 1.82) is 0 Å². The van der Waals surface area contributed by atoms with Crippen molar-refractivity contribution in [2.75, 3.05) is 26.9 Å². The Bertz CT molecular complexity index is 1110. The molecule has 8 heteroatoms. The van der Waals surface area contributed by atoms with Gasteiger partial charge in [0.2, 0.25) is 0 Å². The molecule has 0 saturated carbocycles. The Balaban J connectivity index is 1.60. The standard InChI is InChI=1S/C21H20N2O5S/c1-3-8-23-16-11-17-18(27-10-9-26-17)12-19(16)29-21(23)22-20(24)13-28-15-6-4-14(25-2)5-7-15/h3-7,11-12H,1,8-10,13H2,2H3. The fourth-order valence-corrected chi connectivity index (χ4v) is 4.02. The van der Waals surface area contributed by atoms with Gasteiger partial charge in [-0.2, -0.15) is 4.99 Å². The van der Waals surface area contributed by atoms with Crippen LogP contribution in [0, 0.1) is 0 Å². The van der Waals surface area contributed by atoms with Crippen molar-refractivity contribution >= 4 is 27.5 Å². The van der Waals surface area contributed by atoms with E-state index in [0.29, 0.717) is 41.8 Å². The molecule has 0 saturated heterocycles. The lowest BCUT2D eigenvalue weighted by Crippen LogP contribution is -2.19. The van der Waals surface area contributed by atoms with E-state index in [-0.39, 0.29) is 12.5 Å². The van der Waals surface area contributed by atoms with Gasteiger partial charge in [-0.25, -0.2) is 0 Å². The molecule has 7 nitrogen and oxygen atoms in total. The van der Waals surface area contributed by atoms with Crippen LogP contribution in [0.3, 0.4) is 0 Å². The molecule has 1 aliphatic heterocycles. The SMILES string of the molecule is C=CCn1c(=NC(=O)COc2ccc(OC)cc2)sc2cc3c(cc21)OCCO3. The molecule has 0 bridgehead atoms. The van der Waals surface area contributed by atoms with Crippen molar-refractivity contribution in [2.45, 2.75) is 6.54 Å². The van der Waals surface area contributed by atoms with Crippen molar-refractivity contribution in [3.8, 4) is 23.0 Å². The Labute approximate surface area is 171 Å². The molecule has 150 valence electrons. The molecule has 0 unspecified atom stereocenters. The molecule has 0 aliphatic carbocycles. The van der Waals surface area contributed by atoms with Crippen LogP contribution in [0.25, 0.3) is 10.2 Å². The normalized spacial score (nSPS) is 13.3. The van der Waals surface area contributed by atoms with E-state index in [1.54, 1.807) is 37.5 Å². The number of hydrogen-bond acceptors (Lipinski definition) is 6. The molecule has 2 aromatic carbocycles. The largest absolute Gasteiger partial charge is 0.497 e. The molecule has 0 radical (unpaired) electrons. The molecule has 1 aromatic heterocycles. The number of carbonyl (C=O) groups excluding carboxylic acids is 1. The second-order valence-corrected chi connectivity index (χ2v) is 7.23. The zero-order valence-electron chi connectivity index (χ0n) is 15.9. The number of amides is 1. The van der Waals surface area contributed by atoms with E-state index in [1.165, 1.54) is 11.3 Å². The number of carbonyl (C=O) groups is 1. The fraction of sp³-hybridized carbons (Fsp3) is 0.238. The number of rotatable bonds is 6. The zero-order chi connectivity index (χ0) is 20.2. The molecule has 4 rings (SSSR count). The number of thiazole rings is 1. The lowest BCUT2D eigenvalue weighted by atomic mass is 10.2. The lowest BCUT2D eigenvalue weighted by Gasteiger charge is -2.18. The van der Waals surface area contributed by atoms with Crippen LogP contribution in [-0.2, 0) is 11.3 Å². The molecule has 29 heavy (non-hydrogen) atoms. The van der Waals surface area contributed by atoms with Gasteiger partial charge in [0.05, 0.1) is 17.3 Å². The average molecular weight is 412 g/mol. The number of fused-ring (bicyclic) bond motifs is 2. The molecule has 0 atom stereocenters. The van der Waals surface area contributed by atoms with Crippen LogP contribution < -0.4 is 23.7 Å². The van der Waals surface area contributed by atoms with E-state index in [4.69, 9.17) is 18.9 Å². The summed E-state index contributed by atoms with van der Waals surface area (Å²) in [6.07, 6.45) is 1.76. The van der Waals surface area contributed by atoms with Crippen LogP contribution in [0.15, 0.2) is 54.0 Å². The average Bonchev–Trinajstić information content (AvgIpc) is 3.07. The molecule has 2 heterocycles. The van der Waals surface area contributed by atoms with Crippen LogP contribution in [0.2, 0.25) is 0 Å². The number of aromatic nitrogens is 1. The van der Waals surface area contributed by atoms with Gasteiger partial charge in [-0.1, -0.05) is 17.4 Å². The number of allylic oxidation sites excluding steroid dienone is 1. The molecule has 1 amide bonds. The van der Waals surface area contributed by atoms with Gasteiger partial charge in [0.25, 0.3) is 5.91 Å². The number of nitrogens with zero attached hydrogens (tertiary/aromatic N) is 2. The zero-order valence-corrected chi connectivity index (χ0v) is 16.7. The van der Waals surface area contributed by atoms with Crippen LogP contribution >= 0.6 is 11.3 Å². The number of ether oxygens (including phenoxy) is 4. The highest BCUT2D eigenvalue weighted by molar-refractivity contribution is 7.16. The monoisotopic (exact) mass is 412 g/mol. The van der Waals surface area contributed by atoms with E-state index in [0.717, 1.165) is 16.0 Å². The fourth-order valence-electron chi connectivity index (χ4n) is 2.95. The summed E-state index contributed by atoms with van der Waals surface area (Å²) in [5.74, 6) is 2.32. The second kappa shape index (κ2) is 8.40. The van der Waals surface area contributed by atoms with Gasteiger partial charge in [-0.15, -0.1) is 6.58 Å². The van der Waals surface area contributed by atoms with E-state index in [9.17, 15) is 4.79 Å². The van der Waals surface area contributed by atoms with Crippen LogP contribution in [0.4, 0.5) is 0 Å². The van der Waals surface area contributed by atoms with Crippen LogP contribution in [-0.4, -0.2) is 37.4 Å². The molecule has 0 fully saturated rings. The Hall–Kier alpha value is -3.26. The van der Waals surface area contributed by atoms with Crippen molar-refractivity contribution in [3.05, 3.63) is 53.9 Å². The van der Waals surface area contributed by atoms with Crippen molar-refractivity contribution < 1.29 is 23.7 Å². The lowest BCUT2D eigenvalue weighted by molar-refractivity contribution is -0.120. The molecule has 3 aromatic rings. The molecular formula is C21H20N2O5S. The molecule has 0 spiro atoms. The van der Waals surface area contributed by atoms with E-state index < -0.39 is 0 Å². The van der Waals surface area contributed by atoms with Gasteiger partial charge < -0.3 is 23.5 Å². The van der Waals surface area contributed by atoms with Crippen LogP contribution in [0.1, 0.15) is 0 Å². The maximum Gasteiger partial charge on any atom is 0.286 e. The minimum Gasteiger partial charge on any atom is -0.497 e. The summed E-state index contributed by atoms with van der Waals surface area (Å²) < 4.78 is 24.8. The number of methoxy groups -OCH3 is 1. The van der Waals surface area contributed by atoms with E-state index in [1.807, 2.05) is 16.7 Å². The van der Waals surface area contributed by atoms with Gasteiger partial charge in [0, 0.05) is 18.7 Å². The highest BCUT2D eigenvalue weighted by Crippen LogP contribution is 2.35. The highest BCUT2D eigenvalue weighted by Gasteiger charge is 2.16. The second-order valence-electron chi connectivity index (χ2n) is 6.22. The van der Waals surface area contributed by atoms with Gasteiger partial charge in [0.15, 0.2) is 22.9 Å². The predicted octanol–water partition coefficient (Wildman–Crippen LogP) is 3.17. The van der Waals surface area contributed by atoms with Crippen LogP contribution in [0.5, 0.6) is 23.0 Å². The maximum absolute atomic E-state index is 12.4. The number of benzene rings is 2. The van der Waals surface area contributed by atoms with Crippen molar-refractivity contribution in [3.63, 3.8) is 0 Å². The smallest absolute Gasteiger partial charge is 0.286 e. The predicted molar refractivity (Wildman–Crippen MR) is 110 cm³/mol. The van der Waals surface area contributed by atoms with Gasteiger partial charge in [-0.3, -0.25) is 4.79 Å². The van der Waals surface area contributed by atoms with Gasteiger partial charge >= 0.3 is 0 Å². The molecule has 0 N–H and O–H groups in total. The maximum atomic E-state index is 12.4. The first kappa shape index (κ1) is 19.1. The third-order valence-electron chi connectivity index (χ3n) is 4.30. The summed E-state index contributed by atoms with van der Waals surface area (Å²) >= 11 is 1.41. The minimum atomic E-state index is -0.373. The highest BCUT2D eigenvalue weighted by atomic mass is 32.1. The summed E-state index contributed by atoms with van der Waals surface area (Å²) in [6, 6.07) is 10.9.